The number of hydrogen-bond donors (Lipinski definition) is 0. The molecule has 1 heterocycles. The van der Waals surface area contributed by atoms with E-state index in [1.165, 1.54) is 0 Å². The average molecular weight is 260 g/mol. The van der Waals surface area contributed by atoms with Gasteiger partial charge in [0.2, 0.25) is 0 Å². The first kappa shape index (κ1) is 11.2. The van der Waals surface area contributed by atoms with E-state index in [0.717, 1.165) is 22.4 Å². The number of hydrogen-bond acceptors (Lipinski definition) is 3. The molecule has 0 fully saturated rings. The van der Waals surface area contributed by atoms with Crippen molar-refractivity contribution in [1.29, 1.82) is 0 Å². The molecule has 3 rings (SSSR count). The number of ether oxygens (including phenoxy) is 1. The Kier molecular flexibility index (Phi) is 2.76. The van der Waals surface area contributed by atoms with Crippen LogP contribution >= 0.6 is 11.6 Å². The van der Waals surface area contributed by atoms with Gasteiger partial charge in [0.15, 0.2) is 0 Å². The van der Waals surface area contributed by atoms with Crippen molar-refractivity contribution in [3.63, 3.8) is 0 Å². The van der Waals surface area contributed by atoms with Crippen LogP contribution in [0.4, 0.5) is 4.79 Å². The Morgan fingerprint density at radius 3 is 2.83 bits per heavy atom. The molecule has 0 radical (unpaired) electrons. The Bertz CT molecular complexity index is 567. The van der Waals surface area contributed by atoms with Crippen molar-refractivity contribution in [3.8, 4) is 11.3 Å². The van der Waals surface area contributed by atoms with Crippen molar-refractivity contribution in [2.45, 2.75) is 5.92 Å². The molecule has 4 heteroatoms. The lowest BCUT2D eigenvalue weighted by Crippen LogP contribution is -2.08. The van der Waals surface area contributed by atoms with Crippen LogP contribution in [0, 0.1) is 0 Å². The third kappa shape index (κ3) is 1.77. The van der Waals surface area contributed by atoms with Crippen molar-refractivity contribution < 1.29 is 9.53 Å². The number of benzene rings is 1. The van der Waals surface area contributed by atoms with E-state index < -0.39 is 5.43 Å². The van der Waals surface area contributed by atoms with E-state index in [2.05, 4.69) is 4.98 Å². The highest BCUT2D eigenvalue weighted by Crippen LogP contribution is 2.43. The lowest BCUT2D eigenvalue weighted by molar-refractivity contribution is 0.170. The quantitative estimate of drug-likeness (QED) is 0.774. The zero-order valence-corrected chi connectivity index (χ0v) is 10.2. The lowest BCUT2D eigenvalue weighted by atomic mass is 9.98. The molecule has 0 aliphatic heterocycles. The van der Waals surface area contributed by atoms with Gasteiger partial charge in [0.1, 0.15) is 6.61 Å². The van der Waals surface area contributed by atoms with Crippen LogP contribution in [0.1, 0.15) is 17.0 Å². The topological polar surface area (TPSA) is 39.2 Å². The summed E-state index contributed by atoms with van der Waals surface area (Å²) in [5.41, 5.74) is 3.50. The highest BCUT2D eigenvalue weighted by atomic mass is 35.5. The summed E-state index contributed by atoms with van der Waals surface area (Å²) in [6.45, 7) is 0.248. The van der Waals surface area contributed by atoms with E-state index in [1.54, 1.807) is 6.20 Å². The third-order valence-electron chi connectivity index (χ3n) is 3.17. The summed E-state index contributed by atoms with van der Waals surface area (Å²) < 4.78 is 4.94. The van der Waals surface area contributed by atoms with Crippen LogP contribution in [-0.2, 0) is 4.74 Å². The van der Waals surface area contributed by atoms with Crippen molar-refractivity contribution in [2.24, 2.45) is 0 Å². The van der Waals surface area contributed by atoms with Gasteiger partial charge in [0.05, 0.1) is 5.69 Å². The first-order chi connectivity index (χ1) is 8.77. The van der Waals surface area contributed by atoms with Crippen LogP contribution in [0.25, 0.3) is 11.3 Å². The number of halogens is 1. The molecule has 0 amide bonds. The Hall–Kier alpha value is -1.87. The van der Waals surface area contributed by atoms with Gasteiger partial charge >= 0.3 is 5.43 Å². The molecule has 0 N–H and O–H groups in total. The van der Waals surface area contributed by atoms with Crippen LogP contribution < -0.4 is 0 Å². The smallest absolute Gasteiger partial charge is 0.403 e. The van der Waals surface area contributed by atoms with Crippen molar-refractivity contribution in [1.82, 2.24) is 4.98 Å². The maximum absolute atomic E-state index is 10.8. The van der Waals surface area contributed by atoms with E-state index in [1.807, 2.05) is 36.4 Å². The fraction of sp³-hybridized carbons (Fsp3) is 0.143. The van der Waals surface area contributed by atoms with Gasteiger partial charge in [-0.15, -0.1) is 0 Å². The van der Waals surface area contributed by atoms with Crippen LogP contribution in [0.2, 0.25) is 0 Å². The molecule has 0 bridgehead atoms. The lowest BCUT2D eigenvalue weighted by Gasteiger charge is -2.11. The number of nitrogens with zero attached hydrogens (tertiary/aromatic N) is 1. The molecule has 2 aromatic rings. The van der Waals surface area contributed by atoms with Gasteiger partial charge in [-0.2, -0.15) is 0 Å². The van der Waals surface area contributed by atoms with Crippen LogP contribution in [0.15, 0.2) is 42.6 Å². The predicted molar refractivity (Wildman–Crippen MR) is 68.7 cm³/mol. The van der Waals surface area contributed by atoms with Crippen LogP contribution in [-0.4, -0.2) is 17.0 Å². The molecule has 1 aliphatic carbocycles. The highest BCUT2D eigenvalue weighted by Gasteiger charge is 2.29. The minimum absolute atomic E-state index is 0.0209. The number of pyridine rings is 1. The number of carbonyl (C=O) groups excluding carboxylic acids is 1. The van der Waals surface area contributed by atoms with E-state index in [-0.39, 0.29) is 12.5 Å². The highest BCUT2D eigenvalue weighted by molar-refractivity contribution is 6.61. The van der Waals surface area contributed by atoms with Gasteiger partial charge in [-0.1, -0.05) is 30.3 Å². The summed E-state index contributed by atoms with van der Waals surface area (Å²) in [5, 5.41) is 0. The Labute approximate surface area is 109 Å². The summed E-state index contributed by atoms with van der Waals surface area (Å²) in [6, 6.07) is 11.9. The first-order valence-electron chi connectivity index (χ1n) is 5.64. The van der Waals surface area contributed by atoms with E-state index in [9.17, 15) is 4.79 Å². The second-order valence-electron chi connectivity index (χ2n) is 4.13. The molecular formula is C14H10ClNO2. The summed E-state index contributed by atoms with van der Waals surface area (Å²) in [6.07, 6.45) is 1.77. The fourth-order valence-corrected chi connectivity index (χ4v) is 2.50. The van der Waals surface area contributed by atoms with Crippen LogP contribution in [0.3, 0.4) is 0 Å². The minimum Gasteiger partial charge on any atom is -0.453 e. The van der Waals surface area contributed by atoms with Gasteiger partial charge in [-0.05, 0) is 17.2 Å². The van der Waals surface area contributed by atoms with E-state index in [4.69, 9.17) is 16.3 Å². The molecule has 1 unspecified atom stereocenters. The molecule has 1 atom stereocenters. The maximum Gasteiger partial charge on any atom is 0.403 e. The van der Waals surface area contributed by atoms with E-state index >= 15 is 0 Å². The Morgan fingerprint density at radius 2 is 2.00 bits per heavy atom. The van der Waals surface area contributed by atoms with Gasteiger partial charge in [-0.3, -0.25) is 4.98 Å². The molecule has 1 aromatic carbocycles. The molecule has 0 spiro atoms. The van der Waals surface area contributed by atoms with Gasteiger partial charge in [0, 0.05) is 29.3 Å². The van der Waals surface area contributed by atoms with Gasteiger partial charge in [-0.25, -0.2) is 4.79 Å². The Balaban J connectivity index is 2.06. The number of aromatic nitrogens is 1. The van der Waals surface area contributed by atoms with Gasteiger partial charge in [0.25, 0.3) is 0 Å². The molecule has 0 saturated carbocycles. The maximum atomic E-state index is 10.8. The molecule has 90 valence electrons. The third-order valence-corrected chi connectivity index (χ3v) is 3.28. The molecule has 18 heavy (non-hydrogen) atoms. The number of rotatable bonds is 2. The average Bonchev–Trinajstić information content (AvgIpc) is 2.71. The zero-order chi connectivity index (χ0) is 12.5. The predicted octanol–water partition coefficient (Wildman–Crippen LogP) is 3.57. The number of fused-ring (bicyclic) bond motifs is 3. The normalized spacial score (nSPS) is 15.9. The van der Waals surface area contributed by atoms with Crippen LogP contribution in [0.5, 0.6) is 0 Å². The molecule has 1 aromatic heterocycles. The summed E-state index contributed by atoms with van der Waals surface area (Å²) in [7, 11) is 0. The minimum atomic E-state index is -0.773. The summed E-state index contributed by atoms with van der Waals surface area (Å²) >= 11 is 5.23. The Morgan fingerprint density at radius 1 is 1.22 bits per heavy atom. The van der Waals surface area contributed by atoms with Crippen molar-refractivity contribution >= 4 is 17.0 Å². The molecule has 0 saturated heterocycles. The van der Waals surface area contributed by atoms with Crippen molar-refractivity contribution in [2.75, 3.05) is 6.61 Å². The SMILES string of the molecule is O=C(Cl)OCC1c2ccccc2-c2ncccc21. The summed E-state index contributed by atoms with van der Waals surface area (Å²) in [4.78, 5) is 15.2. The largest absolute Gasteiger partial charge is 0.453 e. The monoisotopic (exact) mass is 259 g/mol. The second-order valence-corrected chi connectivity index (χ2v) is 4.44. The number of carbonyl (C=O) groups is 1. The van der Waals surface area contributed by atoms with E-state index in [0.29, 0.717) is 0 Å². The molecule has 3 nitrogen and oxygen atoms in total. The zero-order valence-electron chi connectivity index (χ0n) is 9.47. The van der Waals surface area contributed by atoms with Crippen molar-refractivity contribution in [3.05, 3.63) is 53.7 Å². The fourth-order valence-electron chi connectivity index (χ4n) is 2.44. The molecular weight excluding hydrogens is 250 g/mol. The molecule has 1 aliphatic rings. The summed E-state index contributed by atoms with van der Waals surface area (Å²) in [5.74, 6) is 0.0209. The first-order valence-corrected chi connectivity index (χ1v) is 6.01. The second kappa shape index (κ2) is 4.42. The standard InChI is InChI=1S/C14H10ClNO2/c15-14(17)18-8-12-9-4-1-2-5-10(9)13-11(12)6-3-7-16-13/h1-7,12H,8H2. The van der Waals surface area contributed by atoms with Gasteiger partial charge < -0.3 is 4.74 Å².